The van der Waals surface area contributed by atoms with Gasteiger partial charge in [0.2, 0.25) is 5.91 Å². The minimum atomic E-state index is 0.0470. The number of nitrogens with zero attached hydrogens (tertiary/aromatic N) is 1. The monoisotopic (exact) mass is 292 g/mol. The van der Waals surface area contributed by atoms with Gasteiger partial charge in [-0.05, 0) is 44.5 Å². The maximum Gasteiger partial charge on any atom is 0.236 e. The summed E-state index contributed by atoms with van der Waals surface area (Å²) >= 11 is 1.69. The zero-order chi connectivity index (χ0) is 14.4. The van der Waals surface area contributed by atoms with E-state index in [0.717, 1.165) is 32.5 Å². The van der Waals surface area contributed by atoms with Crippen molar-refractivity contribution in [2.24, 2.45) is 5.92 Å². The Balaban J connectivity index is 1.92. The predicted molar refractivity (Wildman–Crippen MR) is 85.0 cm³/mol. The molecule has 0 radical (unpaired) electrons. The molecule has 1 aromatic carbocycles. The highest BCUT2D eigenvalue weighted by Gasteiger charge is 2.30. The molecule has 1 N–H and O–H groups in total. The fourth-order valence-electron chi connectivity index (χ4n) is 2.66. The lowest BCUT2D eigenvalue weighted by molar-refractivity contribution is -0.129. The number of thioether (sulfide) groups is 1. The van der Waals surface area contributed by atoms with E-state index in [0.29, 0.717) is 11.8 Å². The summed E-state index contributed by atoms with van der Waals surface area (Å²) in [7, 11) is 1.98. The van der Waals surface area contributed by atoms with E-state index in [4.69, 9.17) is 0 Å². The van der Waals surface area contributed by atoms with Crippen LogP contribution in [0.25, 0.3) is 0 Å². The van der Waals surface area contributed by atoms with E-state index in [2.05, 4.69) is 24.4 Å². The fraction of sp³-hybridized carbons (Fsp3) is 0.562. The van der Waals surface area contributed by atoms with Crippen molar-refractivity contribution in [3.63, 3.8) is 0 Å². The van der Waals surface area contributed by atoms with Gasteiger partial charge in [-0.2, -0.15) is 0 Å². The van der Waals surface area contributed by atoms with Crippen LogP contribution in [-0.4, -0.2) is 42.7 Å². The molecule has 110 valence electrons. The number of hydrogen-bond donors (Lipinski definition) is 1. The minimum absolute atomic E-state index is 0.0470. The highest BCUT2D eigenvalue weighted by molar-refractivity contribution is 8.00. The van der Waals surface area contributed by atoms with E-state index >= 15 is 0 Å². The fourth-order valence-corrected chi connectivity index (χ4v) is 3.72. The number of rotatable bonds is 6. The summed E-state index contributed by atoms with van der Waals surface area (Å²) in [5, 5.41) is 3.26. The Labute approximate surface area is 126 Å². The van der Waals surface area contributed by atoms with Crippen LogP contribution in [0.5, 0.6) is 0 Å². The van der Waals surface area contributed by atoms with Gasteiger partial charge in [0.1, 0.15) is 0 Å². The van der Waals surface area contributed by atoms with E-state index in [1.165, 1.54) is 4.90 Å². The maximum atomic E-state index is 12.6. The molecular formula is C16H24N2OS. The summed E-state index contributed by atoms with van der Waals surface area (Å²) in [5.41, 5.74) is 0. The molecule has 2 unspecified atom stereocenters. The summed E-state index contributed by atoms with van der Waals surface area (Å²) in [6.07, 6.45) is 2.00. The Kier molecular flexibility index (Phi) is 5.92. The van der Waals surface area contributed by atoms with Crippen molar-refractivity contribution in [3.05, 3.63) is 30.3 Å². The highest BCUT2D eigenvalue weighted by Crippen LogP contribution is 2.28. The van der Waals surface area contributed by atoms with E-state index in [-0.39, 0.29) is 5.25 Å². The lowest BCUT2D eigenvalue weighted by Gasteiger charge is -2.22. The van der Waals surface area contributed by atoms with Crippen molar-refractivity contribution in [2.75, 3.05) is 26.7 Å². The molecule has 1 aliphatic rings. The van der Waals surface area contributed by atoms with Gasteiger partial charge >= 0.3 is 0 Å². The Morgan fingerprint density at radius 3 is 2.85 bits per heavy atom. The molecule has 1 heterocycles. The molecule has 1 aliphatic heterocycles. The molecule has 0 saturated carbocycles. The number of hydrogen-bond acceptors (Lipinski definition) is 3. The average molecular weight is 292 g/mol. The molecule has 20 heavy (non-hydrogen) atoms. The molecule has 1 aromatic rings. The number of benzene rings is 1. The highest BCUT2D eigenvalue weighted by atomic mass is 32.2. The van der Waals surface area contributed by atoms with Crippen LogP contribution in [0.3, 0.4) is 0 Å². The summed E-state index contributed by atoms with van der Waals surface area (Å²) in [6, 6.07) is 10.2. The molecule has 1 saturated heterocycles. The summed E-state index contributed by atoms with van der Waals surface area (Å²) in [5.74, 6) is 0.920. The predicted octanol–water partition coefficient (Wildman–Crippen LogP) is 2.63. The molecule has 2 rings (SSSR count). The Morgan fingerprint density at radius 1 is 1.45 bits per heavy atom. The largest absolute Gasteiger partial charge is 0.341 e. The Bertz CT molecular complexity index is 424. The SMILES string of the molecule is CCC(Sc1ccccc1)C(=O)N1CCC(CNC)C1. The first kappa shape index (κ1) is 15.4. The summed E-state index contributed by atoms with van der Waals surface area (Å²) in [4.78, 5) is 15.8. The van der Waals surface area contributed by atoms with Crippen LogP contribution in [0.4, 0.5) is 0 Å². The first-order valence-electron chi connectivity index (χ1n) is 7.39. The van der Waals surface area contributed by atoms with Gasteiger partial charge in [-0.3, -0.25) is 4.79 Å². The molecule has 0 bridgehead atoms. The first-order chi connectivity index (χ1) is 9.74. The molecular weight excluding hydrogens is 268 g/mol. The van der Waals surface area contributed by atoms with Crippen LogP contribution in [0.2, 0.25) is 0 Å². The normalized spacial score (nSPS) is 20.1. The second-order valence-electron chi connectivity index (χ2n) is 5.32. The number of carbonyl (C=O) groups excluding carboxylic acids is 1. The smallest absolute Gasteiger partial charge is 0.236 e. The van der Waals surface area contributed by atoms with Crippen LogP contribution in [0.15, 0.2) is 35.2 Å². The average Bonchev–Trinajstić information content (AvgIpc) is 2.94. The number of likely N-dealkylation sites (tertiary alicyclic amines) is 1. The summed E-state index contributed by atoms with van der Waals surface area (Å²) < 4.78 is 0. The van der Waals surface area contributed by atoms with E-state index in [1.807, 2.05) is 30.1 Å². The van der Waals surface area contributed by atoms with Crippen LogP contribution in [0.1, 0.15) is 19.8 Å². The van der Waals surface area contributed by atoms with Gasteiger partial charge in [0, 0.05) is 18.0 Å². The standard InChI is InChI=1S/C16H24N2OS/c1-3-15(20-14-7-5-4-6-8-14)16(19)18-10-9-13(12-18)11-17-2/h4-8,13,15,17H,3,9-12H2,1-2H3. The van der Waals surface area contributed by atoms with Crippen LogP contribution in [0, 0.1) is 5.92 Å². The van der Waals surface area contributed by atoms with Crippen molar-refractivity contribution in [3.8, 4) is 0 Å². The van der Waals surface area contributed by atoms with Gasteiger partial charge in [0.05, 0.1) is 5.25 Å². The number of amides is 1. The van der Waals surface area contributed by atoms with Crippen molar-refractivity contribution in [1.29, 1.82) is 0 Å². The Morgan fingerprint density at radius 2 is 2.20 bits per heavy atom. The second kappa shape index (κ2) is 7.70. The van der Waals surface area contributed by atoms with Crippen molar-refractivity contribution >= 4 is 17.7 Å². The molecule has 1 amide bonds. The lowest BCUT2D eigenvalue weighted by atomic mass is 10.1. The molecule has 0 aromatic heterocycles. The van der Waals surface area contributed by atoms with E-state index < -0.39 is 0 Å². The Hall–Kier alpha value is -1.00. The number of nitrogens with one attached hydrogen (secondary N) is 1. The molecule has 0 aliphatic carbocycles. The lowest BCUT2D eigenvalue weighted by Crippen LogP contribution is -2.36. The van der Waals surface area contributed by atoms with Crippen LogP contribution in [-0.2, 0) is 4.79 Å². The van der Waals surface area contributed by atoms with Gasteiger partial charge in [-0.25, -0.2) is 0 Å². The van der Waals surface area contributed by atoms with Gasteiger partial charge in [0.15, 0.2) is 0 Å². The molecule has 4 heteroatoms. The quantitative estimate of drug-likeness (QED) is 0.818. The third-order valence-corrected chi connectivity index (χ3v) is 5.12. The second-order valence-corrected chi connectivity index (χ2v) is 6.60. The van der Waals surface area contributed by atoms with Gasteiger partial charge in [-0.1, -0.05) is 25.1 Å². The third-order valence-electron chi connectivity index (χ3n) is 3.76. The van der Waals surface area contributed by atoms with E-state index in [9.17, 15) is 4.79 Å². The van der Waals surface area contributed by atoms with Crippen LogP contribution >= 0.6 is 11.8 Å². The first-order valence-corrected chi connectivity index (χ1v) is 8.27. The molecule has 0 spiro atoms. The number of carbonyl (C=O) groups is 1. The van der Waals surface area contributed by atoms with Crippen molar-refractivity contribution < 1.29 is 4.79 Å². The van der Waals surface area contributed by atoms with Crippen molar-refractivity contribution in [2.45, 2.75) is 29.9 Å². The maximum absolute atomic E-state index is 12.6. The van der Waals surface area contributed by atoms with Gasteiger partial charge < -0.3 is 10.2 Å². The topological polar surface area (TPSA) is 32.3 Å². The van der Waals surface area contributed by atoms with Crippen molar-refractivity contribution in [1.82, 2.24) is 10.2 Å². The molecule has 3 nitrogen and oxygen atoms in total. The van der Waals surface area contributed by atoms with E-state index in [1.54, 1.807) is 11.8 Å². The summed E-state index contributed by atoms with van der Waals surface area (Å²) in [6.45, 7) is 4.93. The molecule has 1 fully saturated rings. The third kappa shape index (κ3) is 4.00. The van der Waals surface area contributed by atoms with Crippen LogP contribution < -0.4 is 5.32 Å². The van der Waals surface area contributed by atoms with Gasteiger partial charge in [0.25, 0.3) is 0 Å². The minimum Gasteiger partial charge on any atom is -0.341 e. The zero-order valence-electron chi connectivity index (χ0n) is 12.3. The zero-order valence-corrected chi connectivity index (χ0v) is 13.2. The molecule has 2 atom stereocenters. The van der Waals surface area contributed by atoms with Gasteiger partial charge in [-0.15, -0.1) is 11.8 Å².